The monoisotopic (exact) mass is 303 g/mol. The number of halogens is 1. The number of hydrogen-bond donors (Lipinski definition) is 1. The summed E-state index contributed by atoms with van der Waals surface area (Å²) in [5, 5.41) is 8.12. The molecule has 0 aliphatic heterocycles. The molecular weight excluding hydrogens is 282 g/mol. The van der Waals surface area contributed by atoms with E-state index in [9.17, 15) is 0 Å². The summed E-state index contributed by atoms with van der Waals surface area (Å²) >= 11 is 5.43. The Morgan fingerprint density at radius 2 is 2.06 bits per heavy atom. The maximum atomic E-state index is 3.67. The van der Waals surface area contributed by atoms with E-state index in [1.807, 2.05) is 0 Å². The van der Waals surface area contributed by atoms with Gasteiger partial charge in [0.2, 0.25) is 0 Å². The fourth-order valence-corrected chi connectivity index (χ4v) is 3.63. The Labute approximate surface area is 112 Å². The van der Waals surface area contributed by atoms with Crippen LogP contribution < -0.4 is 5.32 Å². The zero-order valence-corrected chi connectivity index (χ0v) is 12.8. The van der Waals surface area contributed by atoms with Crippen molar-refractivity contribution >= 4 is 27.3 Å². The first kappa shape index (κ1) is 14.2. The number of thiophene rings is 1. The Morgan fingerprint density at radius 1 is 1.31 bits per heavy atom. The molecule has 0 aliphatic rings. The molecule has 0 fully saturated rings. The third-order valence-electron chi connectivity index (χ3n) is 2.90. The topological polar surface area (TPSA) is 12.0 Å². The van der Waals surface area contributed by atoms with E-state index in [-0.39, 0.29) is 0 Å². The largest absolute Gasteiger partial charge is 0.310 e. The van der Waals surface area contributed by atoms with Gasteiger partial charge in [0.25, 0.3) is 0 Å². The van der Waals surface area contributed by atoms with Crippen molar-refractivity contribution < 1.29 is 0 Å². The first-order valence-corrected chi connectivity index (χ1v) is 7.89. The van der Waals surface area contributed by atoms with E-state index < -0.39 is 0 Å². The van der Waals surface area contributed by atoms with Gasteiger partial charge in [0.15, 0.2) is 0 Å². The highest BCUT2D eigenvalue weighted by Crippen LogP contribution is 2.33. The zero-order chi connectivity index (χ0) is 12.0. The maximum absolute atomic E-state index is 3.67. The molecule has 1 nitrogen and oxygen atoms in total. The highest BCUT2D eigenvalue weighted by molar-refractivity contribution is 9.10. The summed E-state index contributed by atoms with van der Waals surface area (Å²) in [4.78, 5) is 0. The molecule has 1 aromatic heterocycles. The summed E-state index contributed by atoms with van der Waals surface area (Å²) in [5.74, 6) is 0.697. The second kappa shape index (κ2) is 7.46. The first-order chi connectivity index (χ1) is 7.70. The Balaban J connectivity index is 2.74. The molecule has 1 heterocycles. The lowest BCUT2D eigenvalue weighted by atomic mass is 9.92. The van der Waals surface area contributed by atoms with Crippen LogP contribution in [0.15, 0.2) is 15.2 Å². The van der Waals surface area contributed by atoms with Crippen LogP contribution in [-0.2, 0) is 0 Å². The molecule has 3 heteroatoms. The van der Waals surface area contributed by atoms with Crippen LogP contribution in [-0.4, -0.2) is 6.54 Å². The van der Waals surface area contributed by atoms with E-state index >= 15 is 0 Å². The second-order valence-corrected chi connectivity index (χ2v) is 5.97. The van der Waals surface area contributed by atoms with E-state index in [1.165, 1.54) is 29.3 Å². The molecule has 0 saturated heterocycles. The van der Waals surface area contributed by atoms with Gasteiger partial charge in [0.1, 0.15) is 0 Å². The number of nitrogens with one attached hydrogen (secondary N) is 1. The standard InChI is InChI=1S/C13H22BrNS/c1-4-6-10(3)13(15-7-5-2)11-8-16-9-12(11)14/h8-10,13,15H,4-7H2,1-3H3. The average molecular weight is 304 g/mol. The molecule has 1 N–H and O–H groups in total. The summed E-state index contributed by atoms with van der Waals surface area (Å²) < 4.78 is 1.26. The SMILES string of the molecule is CCCNC(c1cscc1Br)C(C)CCC. The zero-order valence-electron chi connectivity index (χ0n) is 10.4. The van der Waals surface area contributed by atoms with E-state index in [4.69, 9.17) is 0 Å². The van der Waals surface area contributed by atoms with Crippen LogP contribution in [0.1, 0.15) is 51.6 Å². The molecule has 0 saturated carbocycles. The van der Waals surface area contributed by atoms with Crippen LogP contribution in [0.4, 0.5) is 0 Å². The van der Waals surface area contributed by atoms with Gasteiger partial charge >= 0.3 is 0 Å². The molecule has 0 aliphatic carbocycles. The van der Waals surface area contributed by atoms with Crippen molar-refractivity contribution in [3.63, 3.8) is 0 Å². The van der Waals surface area contributed by atoms with Crippen molar-refractivity contribution in [3.05, 3.63) is 20.8 Å². The Bertz CT molecular complexity index is 298. The molecular formula is C13H22BrNS. The molecule has 16 heavy (non-hydrogen) atoms. The Kier molecular flexibility index (Phi) is 6.62. The smallest absolute Gasteiger partial charge is 0.0365 e. The van der Waals surface area contributed by atoms with Gasteiger partial charge in [0.05, 0.1) is 0 Å². The molecule has 2 unspecified atom stereocenters. The minimum Gasteiger partial charge on any atom is -0.310 e. The van der Waals surface area contributed by atoms with Gasteiger partial charge in [-0.25, -0.2) is 0 Å². The van der Waals surface area contributed by atoms with Gasteiger partial charge in [-0.05, 0) is 52.2 Å². The van der Waals surface area contributed by atoms with Crippen molar-refractivity contribution in [2.24, 2.45) is 5.92 Å². The normalized spacial score (nSPS) is 15.0. The number of rotatable bonds is 7. The molecule has 1 aromatic rings. The van der Waals surface area contributed by atoms with Gasteiger partial charge in [-0.15, -0.1) is 0 Å². The lowest BCUT2D eigenvalue weighted by Gasteiger charge is -2.25. The van der Waals surface area contributed by atoms with Crippen molar-refractivity contribution in [1.82, 2.24) is 5.32 Å². The predicted molar refractivity (Wildman–Crippen MR) is 77.1 cm³/mol. The van der Waals surface area contributed by atoms with Gasteiger partial charge in [-0.1, -0.05) is 27.2 Å². The fourth-order valence-electron chi connectivity index (χ4n) is 2.05. The van der Waals surface area contributed by atoms with Gasteiger partial charge in [-0.2, -0.15) is 11.3 Å². The number of hydrogen-bond acceptors (Lipinski definition) is 2. The summed E-state index contributed by atoms with van der Waals surface area (Å²) in [5.41, 5.74) is 1.43. The minimum absolute atomic E-state index is 0.500. The van der Waals surface area contributed by atoms with E-state index in [1.54, 1.807) is 11.3 Å². The summed E-state index contributed by atoms with van der Waals surface area (Å²) in [6.45, 7) is 7.93. The molecule has 0 aromatic carbocycles. The highest BCUT2D eigenvalue weighted by atomic mass is 79.9. The summed E-state index contributed by atoms with van der Waals surface area (Å²) in [6, 6.07) is 0.500. The maximum Gasteiger partial charge on any atom is 0.0365 e. The molecule has 0 amide bonds. The van der Waals surface area contributed by atoms with Crippen LogP contribution >= 0.6 is 27.3 Å². The molecule has 2 atom stereocenters. The Morgan fingerprint density at radius 3 is 2.56 bits per heavy atom. The third kappa shape index (κ3) is 3.86. The van der Waals surface area contributed by atoms with Gasteiger partial charge in [-0.3, -0.25) is 0 Å². The van der Waals surface area contributed by atoms with Crippen LogP contribution in [0, 0.1) is 5.92 Å². The quantitative estimate of drug-likeness (QED) is 0.748. The molecule has 92 valence electrons. The van der Waals surface area contributed by atoms with Crippen molar-refractivity contribution in [2.75, 3.05) is 6.54 Å². The second-order valence-electron chi connectivity index (χ2n) is 4.37. The summed E-state index contributed by atoms with van der Waals surface area (Å²) in [6.07, 6.45) is 3.73. The van der Waals surface area contributed by atoms with Gasteiger partial charge < -0.3 is 5.32 Å². The van der Waals surface area contributed by atoms with Crippen LogP contribution in [0.3, 0.4) is 0 Å². The fraction of sp³-hybridized carbons (Fsp3) is 0.692. The predicted octanol–water partition coefficient (Wildman–Crippen LogP) is 4.99. The van der Waals surface area contributed by atoms with E-state index in [0.717, 1.165) is 6.54 Å². The van der Waals surface area contributed by atoms with Crippen molar-refractivity contribution in [3.8, 4) is 0 Å². The minimum atomic E-state index is 0.500. The molecule has 1 rings (SSSR count). The first-order valence-electron chi connectivity index (χ1n) is 6.15. The van der Waals surface area contributed by atoms with Crippen molar-refractivity contribution in [2.45, 2.75) is 46.1 Å². The van der Waals surface area contributed by atoms with E-state index in [2.05, 4.69) is 52.8 Å². The average Bonchev–Trinajstić information content (AvgIpc) is 2.66. The van der Waals surface area contributed by atoms with E-state index in [0.29, 0.717) is 12.0 Å². The van der Waals surface area contributed by atoms with Crippen LogP contribution in [0.25, 0.3) is 0 Å². The molecule has 0 spiro atoms. The molecule has 0 radical (unpaired) electrons. The lowest BCUT2D eigenvalue weighted by molar-refractivity contribution is 0.363. The Hall–Kier alpha value is 0.140. The highest BCUT2D eigenvalue weighted by Gasteiger charge is 2.20. The summed E-state index contributed by atoms with van der Waals surface area (Å²) in [7, 11) is 0. The molecule has 0 bridgehead atoms. The lowest BCUT2D eigenvalue weighted by Crippen LogP contribution is -2.27. The van der Waals surface area contributed by atoms with Crippen LogP contribution in [0.2, 0.25) is 0 Å². The van der Waals surface area contributed by atoms with Crippen LogP contribution in [0.5, 0.6) is 0 Å². The van der Waals surface area contributed by atoms with Gasteiger partial charge in [0, 0.05) is 15.9 Å². The van der Waals surface area contributed by atoms with Crippen molar-refractivity contribution in [1.29, 1.82) is 0 Å². The third-order valence-corrected chi connectivity index (χ3v) is 4.66.